The van der Waals surface area contributed by atoms with Crippen LogP contribution in [-0.2, 0) is 16.6 Å². The van der Waals surface area contributed by atoms with Gasteiger partial charge in [0, 0.05) is 12.6 Å². The summed E-state index contributed by atoms with van der Waals surface area (Å²) in [4.78, 5) is 13.3. The van der Waals surface area contributed by atoms with Crippen molar-refractivity contribution in [3.63, 3.8) is 0 Å². The van der Waals surface area contributed by atoms with Crippen molar-refractivity contribution in [1.82, 2.24) is 14.5 Å². The van der Waals surface area contributed by atoms with E-state index in [1.807, 2.05) is 36.6 Å². The van der Waals surface area contributed by atoms with Crippen LogP contribution in [0.1, 0.15) is 16.7 Å². The lowest BCUT2D eigenvalue weighted by Gasteiger charge is -2.13. The molecule has 0 fully saturated rings. The summed E-state index contributed by atoms with van der Waals surface area (Å²) in [6.45, 7) is 5.73. The fourth-order valence-corrected chi connectivity index (χ4v) is 5.27. The van der Waals surface area contributed by atoms with E-state index < -0.39 is 10.0 Å². The fraction of sp³-hybridized carbons (Fsp3) is 0.263. The van der Waals surface area contributed by atoms with Gasteiger partial charge in [0.2, 0.25) is 10.0 Å². The van der Waals surface area contributed by atoms with Gasteiger partial charge in [0.15, 0.2) is 0 Å². The summed E-state index contributed by atoms with van der Waals surface area (Å²) in [6.07, 6.45) is 0. The molecule has 0 radical (unpaired) electrons. The molecule has 1 N–H and O–H groups in total. The van der Waals surface area contributed by atoms with E-state index in [0.29, 0.717) is 21.7 Å². The second kappa shape index (κ2) is 7.75. The van der Waals surface area contributed by atoms with Crippen molar-refractivity contribution in [1.29, 1.82) is 0 Å². The second-order valence-electron chi connectivity index (χ2n) is 6.38. The van der Waals surface area contributed by atoms with Gasteiger partial charge >= 0.3 is 0 Å². The fourth-order valence-electron chi connectivity index (χ4n) is 3.11. The lowest BCUT2D eigenvalue weighted by atomic mass is 10.1. The maximum Gasteiger partial charge on any atom is 0.266 e. The van der Waals surface area contributed by atoms with Crippen LogP contribution in [0.2, 0.25) is 0 Å². The van der Waals surface area contributed by atoms with Crippen LogP contribution in [0.3, 0.4) is 0 Å². The normalized spacial score (nSPS) is 11.7. The van der Waals surface area contributed by atoms with Gasteiger partial charge in [-0.3, -0.25) is 4.79 Å². The molecule has 2 heterocycles. The summed E-state index contributed by atoms with van der Waals surface area (Å²) in [6, 6.07) is 10.7. The molecule has 1 aromatic carbocycles. The van der Waals surface area contributed by atoms with Gasteiger partial charge in [0.05, 0.1) is 16.3 Å². The van der Waals surface area contributed by atoms with Gasteiger partial charge in [0.1, 0.15) is 5.69 Å². The van der Waals surface area contributed by atoms with Crippen molar-refractivity contribution in [2.24, 2.45) is 0 Å². The molecule has 0 aliphatic heterocycles. The third-order valence-corrected chi connectivity index (χ3v) is 6.79. The minimum Gasteiger partial charge on any atom is -0.268 e. The van der Waals surface area contributed by atoms with Crippen molar-refractivity contribution < 1.29 is 8.42 Å². The summed E-state index contributed by atoms with van der Waals surface area (Å²) in [7, 11) is -3.67. The number of benzene rings is 1. The van der Waals surface area contributed by atoms with E-state index in [0.717, 1.165) is 10.4 Å². The zero-order valence-electron chi connectivity index (χ0n) is 15.4. The summed E-state index contributed by atoms with van der Waals surface area (Å²) in [5, 5.41) is 6.27. The summed E-state index contributed by atoms with van der Waals surface area (Å²) in [5.41, 5.74) is 2.85. The van der Waals surface area contributed by atoms with E-state index in [4.69, 9.17) is 0 Å². The van der Waals surface area contributed by atoms with E-state index in [1.165, 1.54) is 22.1 Å². The van der Waals surface area contributed by atoms with Crippen LogP contribution < -0.4 is 10.3 Å². The molecule has 0 saturated carbocycles. The first-order valence-electron chi connectivity index (χ1n) is 8.47. The quantitative estimate of drug-likeness (QED) is 0.686. The van der Waals surface area contributed by atoms with Gasteiger partial charge in [0.25, 0.3) is 5.56 Å². The van der Waals surface area contributed by atoms with Gasteiger partial charge < -0.3 is 0 Å². The topological polar surface area (TPSA) is 81.1 Å². The van der Waals surface area contributed by atoms with E-state index in [1.54, 1.807) is 19.9 Å². The third kappa shape index (κ3) is 4.35. The molecule has 8 heteroatoms. The highest BCUT2D eigenvalue weighted by Crippen LogP contribution is 2.22. The Labute approximate surface area is 162 Å². The minimum atomic E-state index is -3.67. The number of hydrogen-bond acceptors (Lipinski definition) is 5. The molecule has 2 aromatic heterocycles. The van der Waals surface area contributed by atoms with E-state index in [-0.39, 0.29) is 18.6 Å². The van der Waals surface area contributed by atoms with Crippen molar-refractivity contribution in [2.45, 2.75) is 32.2 Å². The summed E-state index contributed by atoms with van der Waals surface area (Å²) < 4.78 is 29.3. The number of sulfonamides is 1. The van der Waals surface area contributed by atoms with Gasteiger partial charge in [-0.05, 0) is 49.4 Å². The molecular formula is C19H21N3O3S2. The molecule has 3 aromatic rings. The van der Waals surface area contributed by atoms with Crippen LogP contribution in [0.15, 0.2) is 51.5 Å². The number of nitrogens with one attached hydrogen (secondary N) is 1. The number of aryl methyl sites for hydroxylation is 3. The van der Waals surface area contributed by atoms with Gasteiger partial charge in [-0.25, -0.2) is 17.8 Å². The molecule has 0 aliphatic rings. The predicted octanol–water partition coefficient (Wildman–Crippen LogP) is 2.88. The van der Waals surface area contributed by atoms with Crippen molar-refractivity contribution in [2.75, 3.05) is 6.54 Å². The van der Waals surface area contributed by atoms with Crippen LogP contribution in [0.4, 0.5) is 0 Å². The first kappa shape index (κ1) is 19.5. The molecule has 27 heavy (non-hydrogen) atoms. The smallest absolute Gasteiger partial charge is 0.266 e. The molecule has 3 rings (SSSR count). The Bertz CT molecular complexity index is 1090. The molecule has 142 valence electrons. The lowest BCUT2D eigenvalue weighted by molar-refractivity contribution is 0.548. The largest absolute Gasteiger partial charge is 0.268 e. The molecule has 0 spiro atoms. The molecule has 0 bridgehead atoms. The highest BCUT2D eigenvalue weighted by molar-refractivity contribution is 7.89. The average molecular weight is 404 g/mol. The molecule has 0 amide bonds. The van der Waals surface area contributed by atoms with Crippen molar-refractivity contribution >= 4 is 21.4 Å². The molecule has 6 nitrogen and oxygen atoms in total. The maximum absolute atomic E-state index is 12.7. The standard InChI is InChI=1S/C19H21N3O3S2/c1-13-11-14(2)19(15(3)12-13)27(24,25)20-8-9-22-18(23)7-6-16(21-22)17-5-4-10-26-17/h4-7,10-12,20H,8-9H2,1-3H3. The van der Waals surface area contributed by atoms with E-state index in [9.17, 15) is 13.2 Å². The second-order valence-corrected chi connectivity index (χ2v) is 9.03. The Morgan fingerprint density at radius 3 is 2.44 bits per heavy atom. The number of thiophene rings is 1. The summed E-state index contributed by atoms with van der Waals surface area (Å²) >= 11 is 1.53. The summed E-state index contributed by atoms with van der Waals surface area (Å²) in [5.74, 6) is 0. The molecule has 0 aliphatic carbocycles. The minimum absolute atomic E-state index is 0.0793. The number of hydrogen-bond donors (Lipinski definition) is 1. The Morgan fingerprint density at radius 1 is 1.11 bits per heavy atom. The van der Waals surface area contributed by atoms with Crippen molar-refractivity contribution in [3.05, 3.63) is 68.8 Å². The van der Waals surface area contributed by atoms with Gasteiger partial charge in [-0.1, -0.05) is 23.8 Å². The maximum atomic E-state index is 12.7. The van der Waals surface area contributed by atoms with Crippen LogP contribution in [0.25, 0.3) is 10.6 Å². The van der Waals surface area contributed by atoms with Crippen LogP contribution in [-0.4, -0.2) is 24.7 Å². The number of nitrogens with zero attached hydrogens (tertiary/aromatic N) is 2. The van der Waals surface area contributed by atoms with Crippen molar-refractivity contribution in [3.8, 4) is 10.6 Å². The van der Waals surface area contributed by atoms with Crippen LogP contribution >= 0.6 is 11.3 Å². The molecule has 0 saturated heterocycles. The third-order valence-electron chi connectivity index (χ3n) is 4.13. The predicted molar refractivity (Wildman–Crippen MR) is 108 cm³/mol. The monoisotopic (exact) mass is 403 g/mol. The number of rotatable bonds is 6. The lowest BCUT2D eigenvalue weighted by Crippen LogP contribution is -2.32. The zero-order valence-corrected chi connectivity index (χ0v) is 17.0. The van der Waals surface area contributed by atoms with E-state index in [2.05, 4.69) is 9.82 Å². The van der Waals surface area contributed by atoms with E-state index >= 15 is 0 Å². The highest BCUT2D eigenvalue weighted by atomic mass is 32.2. The van der Waals surface area contributed by atoms with Crippen LogP contribution in [0, 0.1) is 20.8 Å². The average Bonchev–Trinajstić information content (AvgIpc) is 3.09. The Morgan fingerprint density at radius 2 is 1.81 bits per heavy atom. The Balaban J connectivity index is 1.77. The van der Waals surface area contributed by atoms with Gasteiger partial charge in [-0.15, -0.1) is 11.3 Å². The van der Waals surface area contributed by atoms with Gasteiger partial charge in [-0.2, -0.15) is 5.10 Å². The SMILES string of the molecule is Cc1cc(C)c(S(=O)(=O)NCCn2nc(-c3cccs3)ccc2=O)c(C)c1. The number of aromatic nitrogens is 2. The molecular weight excluding hydrogens is 382 g/mol. The first-order valence-corrected chi connectivity index (χ1v) is 10.8. The molecule has 0 atom stereocenters. The highest BCUT2D eigenvalue weighted by Gasteiger charge is 2.19. The Kier molecular flexibility index (Phi) is 5.59. The zero-order chi connectivity index (χ0) is 19.6. The van der Waals surface area contributed by atoms with Crippen LogP contribution in [0.5, 0.6) is 0 Å². The Hall–Kier alpha value is -2.29. The molecule has 0 unspecified atom stereocenters. The first-order chi connectivity index (χ1) is 12.8.